The molecule has 0 saturated carbocycles. The van der Waals surface area contributed by atoms with Gasteiger partial charge in [0, 0.05) is 12.1 Å². The van der Waals surface area contributed by atoms with E-state index in [2.05, 4.69) is 5.32 Å². The Morgan fingerprint density at radius 2 is 1.80 bits per heavy atom. The van der Waals surface area contributed by atoms with E-state index in [0.717, 1.165) is 11.1 Å². The number of rotatable bonds is 8. The smallest absolute Gasteiger partial charge is 0.234 e. The molecule has 1 amide bonds. The van der Waals surface area contributed by atoms with Crippen LogP contribution in [-0.4, -0.2) is 38.6 Å². The fourth-order valence-corrected chi connectivity index (χ4v) is 2.78. The Balaban J connectivity index is 1.94. The van der Waals surface area contributed by atoms with Crippen LogP contribution in [0, 0.1) is 0 Å². The molecule has 2 rings (SSSR count). The van der Waals surface area contributed by atoms with Gasteiger partial charge in [0.05, 0.1) is 26.8 Å². The molecule has 1 atom stereocenters. The summed E-state index contributed by atoms with van der Waals surface area (Å²) in [6.45, 7) is 2.88. The van der Waals surface area contributed by atoms with Crippen molar-refractivity contribution in [2.45, 2.75) is 19.5 Å². The Kier molecular flexibility index (Phi) is 6.83. The Bertz CT molecular complexity index is 689. The van der Waals surface area contributed by atoms with Gasteiger partial charge >= 0.3 is 0 Å². The summed E-state index contributed by atoms with van der Waals surface area (Å²) in [6, 6.07) is 15.7. The maximum Gasteiger partial charge on any atom is 0.234 e. The number of methoxy groups -OCH3 is 2. The molecular formula is C20H26N2O3. The van der Waals surface area contributed by atoms with Crippen molar-refractivity contribution in [3.8, 4) is 11.5 Å². The molecule has 0 bridgehead atoms. The highest BCUT2D eigenvalue weighted by Gasteiger charge is 2.15. The molecule has 1 N–H and O–H groups in total. The van der Waals surface area contributed by atoms with Crippen molar-refractivity contribution in [3.63, 3.8) is 0 Å². The fourth-order valence-electron chi connectivity index (χ4n) is 2.78. The SMILES string of the molecule is COc1cccc(CN(C)CC(=O)NC(C)c2ccccc2)c1OC. The second kappa shape index (κ2) is 9.08. The molecule has 2 aromatic carbocycles. The van der Waals surface area contributed by atoms with Crippen LogP contribution in [0.2, 0.25) is 0 Å². The molecule has 1 unspecified atom stereocenters. The van der Waals surface area contributed by atoms with E-state index in [-0.39, 0.29) is 11.9 Å². The highest BCUT2D eigenvalue weighted by molar-refractivity contribution is 5.78. The van der Waals surface area contributed by atoms with E-state index in [1.54, 1.807) is 14.2 Å². The van der Waals surface area contributed by atoms with Gasteiger partial charge in [-0.25, -0.2) is 0 Å². The highest BCUT2D eigenvalue weighted by Crippen LogP contribution is 2.31. The van der Waals surface area contributed by atoms with Gasteiger partial charge in [0.1, 0.15) is 0 Å². The maximum absolute atomic E-state index is 12.3. The molecule has 0 aliphatic heterocycles. The summed E-state index contributed by atoms with van der Waals surface area (Å²) >= 11 is 0. The minimum atomic E-state index is -0.0199. The molecule has 5 heteroatoms. The third-order valence-electron chi connectivity index (χ3n) is 4.02. The van der Waals surface area contributed by atoms with Gasteiger partial charge in [-0.3, -0.25) is 9.69 Å². The summed E-state index contributed by atoms with van der Waals surface area (Å²) in [6.07, 6.45) is 0. The number of hydrogen-bond donors (Lipinski definition) is 1. The van der Waals surface area contributed by atoms with Crippen LogP contribution in [0.4, 0.5) is 0 Å². The molecule has 0 radical (unpaired) electrons. The summed E-state index contributed by atoms with van der Waals surface area (Å²) in [4.78, 5) is 14.2. The normalized spacial score (nSPS) is 11.9. The number of amides is 1. The zero-order valence-corrected chi connectivity index (χ0v) is 15.3. The van der Waals surface area contributed by atoms with Gasteiger partial charge < -0.3 is 14.8 Å². The van der Waals surface area contributed by atoms with Crippen LogP contribution in [0.5, 0.6) is 11.5 Å². The summed E-state index contributed by atoms with van der Waals surface area (Å²) in [5, 5.41) is 3.03. The number of para-hydroxylation sites is 1. The van der Waals surface area contributed by atoms with Crippen molar-refractivity contribution in [3.05, 3.63) is 59.7 Å². The Labute approximate surface area is 149 Å². The zero-order chi connectivity index (χ0) is 18.2. The topological polar surface area (TPSA) is 50.8 Å². The van der Waals surface area contributed by atoms with Crippen molar-refractivity contribution in [2.75, 3.05) is 27.8 Å². The molecule has 0 aromatic heterocycles. The minimum Gasteiger partial charge on any atom is -0.493 e. The number of nitrogens with zero attached hydrogens (tertiary/aromatic N) is 1. The van der Waals surface area contributed by atoms with Crippen molar-refractivity contribution < 1.29 is 14.3 Å². The van der Waals surface area contributed by atoms with Crippen molar-refractivity contribution in [1.29, 1.82) is 0 Å². The van der Waals surface area contributed by atoms with Gasteiger partial charge in [-0.15, -0.1) is 0 Å². The molecular weight excluding hydrogens is 316 g/mol. The summed E-state index contributed by atoms with van der Waals surface area (Å²) < 4.78 is 10.8. The third kappa shape index (κ3) is 5.22. The lowest BCUT2D eigenvalue weighted by Crippen LogP contribution is -2.36. The van der Waals surface area contributed by atoms with Gasteiger partial charge in [0.25, 0.3) is 0 Å². The van der Waals surface area contributed by atoms with Crippen molar-refractivity contribution >= 4 is 5.91 Å². The van der Waals surface area contributed by atoms with E-state index in [4.69, 9.17) is 9.47 Å². The van der Waals surface area contributed by atoms with E-state index in [0.29, 0.717) is 24.6 Å². The number of carbonyl (C=O) groups excluding carboxylic acids is 1. The highest BCUT2D eigenvalue weighted by atomic mass is 16.5. The van der Waals surface area contributed by atoms with Crippen LogP contribution in [0.15, 0.2) is 48.5 Å². The van der Waals surface area contributed by atoms with Crippen LogP contribution in [0.25, 0.3) is 0 Å². The quantitative estimate of drug-likeness (QED) is 0.801. The number of nitrogens with one attached hydrogen (secondary N) is 1. The number of hydrogen-bond acceptors (Lipinski definition) is 4. The van der Waals surface area contributed by atoms with Crippen molar-refractivity contribution in [2.24, 2.45) is 0 Å². The maximum atomic E-state index is 12.3. The van der Waals surface area contributed by atoms with Gasteiger partial charge in [0.2, 0.25) is 5.91 Å². The molecule has 0 saturated heterocycles. The second-order valence-electron chi connectivity index (χ2n) is 6.02. The van der Waals surface area contributed by atoms with E-state index >= 15 is 0 Å². The molecule has 0 fully saturated rings. The van der Waals surface area contributed by atoms with Crippen LogP contribution in [0.3, 0.4) is 0 Å². The van der Waals surface area contributed by atoms with E-state index < -0.39 is 0 Å². The first-order valence-corrected chi connectivity index (χ1v) is 8.28. The van der Waals surface area contributed by atoms with Gasteiger partial charge in [-0.2, -0.15) is 0 Å². The van der Waals surface area contributed by atoms with Crippen LogP contribution in [0.1, 0.15) is 24.1 Å². The monoisotopic (exact) mass is 342 g/mol. The van der Waals surface area contributed by atoms with Gasteiger partial charge in [-0.05, 0) is 25.6 Å². The average molecular weight is 342 g/mol. The molecule has 134 valence electrons. The lowest BCUT2D eigenvalue weighted by atomic mass is 10.1. The molecule has 0 heterocycles. The van der Waals surface area contributed by atoms with Crippen LogP contribution in [-0.2, 0) is 11.3 Å². The lowest BCUT2D eigenvalue weighted by molar-refractivity contribution is -0.122. The molecule has 0 spiro atoms. The molecule has 2 aromatic rings. The molecule has 5 nitrogen and oxygen atoms in total. The molecule has 0 aliphatic rings. The van der Waals surface area contributed by atoms with Crippen molar-refractivity contribution in [1.82, 2.24) is 10.2 Å². The summed E-state index contributed by atoms with van der Waals surface area (Å²) in [7, 11) is 5.14. The average Bonchev–Trinajstić information content (AvgIpc) is 2.61. The van der Waals surface area contributed by atoms with Gasteiger partial charge in [0.15, 0.2) is 11.5 Å². The van der Waals surface area contributed by atoms with E-state index in [1.165, 1.54) is 0 Å². The van der Waals surface area contributed by atoms with E-state index in [9.17, 15) is 4.79 Å². The predicted molar refractivity (Wildman–Crippen MR) is 98.9 cm³/mol. The Morgan fingerprint density at radius 1 is 1.08 bits per heavy atom. The first-order valence-electron chi connectivity index (χ1n) is 8.28. The molecule has 0 aliphatic carbocycles. The van der Waals surface area contributed by atoms with Crippen LogP contribution >= 0.6 is 0 Å². The molecule has 25 heavy (non-hydrogen) atoms. The minimum absolute atomic E-state index is 0.0132. The second-order valence-corrected chi connectivity index (χ2v) is 6.02. The zero-order valence-electron chi connectivity index (χ0n) is 15.3. The summed E-state index contributed by atoms with van der Waals surface area (Å²) in [5.41, 5.74) is 2.07. The van der Waals surface area contributed by atoms with Gasteiger partial charge in [-0.1, -0.05) is 42.5 Å². The Morgan fingerprint density at radius 3 is 2.44 bits per heavy atom. The number of carbonyl (C=O) groups is 1. The van der Waals surface area contributed by atoms with E-state index in [1.807, 2.05) is 67.4 Å². The number of ether oxygens (including phenoxy) is 2. The predicted octanol–water partition coefficient (Wildman–Crippen LogP) is 3.01. The first kappa shape index (κ1) is 18.8. The largest absolute Gasteiger partial charge is 0.493 e. The Hall–Kier alpha value is -2.53. The van der Waals surface area contributed by atoms with Crippen LogP contribution < -0.4 is 14.8 Å². The first-order chi connectivity index (χ1) is 12.0. The third-order valence-corrected chi connectivity index (χ3v) is 4.02. The lowest BCUT2D eigenvalue weighted by Gasteiger charge is -2.21. The number of benzene rings is 2. The summed E-state index contributed by atoms with van der Waals surface area (Å²) in [5.74, 6) is 1.38. The standard InChI is InChI=1S/C20H26N2O3/c1-15(16-9-6-5-7-10-16)21-19(23)14-22(2)13-17-11-8-12-18(24-3)20(17)25-4/h5-12,15H,13-14H2,1-4H3,(H,21,23). The fraction of sp³-hybridized carbons (Fsp3) is 0.350. The number of likely N-dealkylation sites (N-methyl/N-ethyl adjacent to an activating group) is 1.